The van der Waals surface area contributed by atoms with Gasteiger partial charge in [-0.1, -0.05) is 44.0 Å². The van der Waals surface area contributed by atoms with Crippen LogP contribution in [0.4, 0.5) is 0 Å². The van der Waals surface area contributed by atoms with Crippen LogP contribution in [0.15, 0.2) is 24.3 Å². The lowest BCUT2D eigenvalue weighted by Crippen LogP contribution is -2.43. The van der Waals surface area contributed by atoms with Crippen LogP contribution in [0.25, 0.3) is 0 Å². The van der Waals surface area contributed by atoms with Gasteiger partial charge in [0, 0.05) is 13.1 Å². The molecule has 1 aliphatic rings. The second kappa shape index (κ2) is 5.85. The summed E-state index contributed by atoms with van der Waals surface area (Å²) in [4.78, 5) is 0. The van der Waals surface area contributed by atoms with Crippen molar-refractivity contribution in [3.63, 3.8) is 0 Å². The second-order valence-electron chi connectivity index (χ2n) is 5.96. The van der Waals surface area contributed by atoms with E-state index in [1.165, 1.54) is 17.5 Å². The predicted molar refractivity (Wildman–Crippen MR) is 75.5 cm³/mol. The summed E-state index contributed by atoms with van der Waals surface area (Å²) < 4.78 is 0. The molecule has 100 valence electrons. The van der Waals surface area contributed by atoms with E-state index in [0.29, 0.717) is 12.5 Å². The Kier molecular flexibility index (Phi) is 4.41. The minimum atomic E-state index is -0.486. The van der Waals surface area contributed by atoms with Gasteiger partial charge in [-0.3, -0.25) is 0 Å². The third kappa shape index (κ3) is 3.56. The standard InChI is InChI=1S/C16H25NO/c1-13-6-5-9-16(18,10-13)12-17-11-15-8-4-3-7-14(15)2/h3-4,7-8,13,17-18H,5-6,9-12H2,1-2H3. The van der Waals surface area contributed by atoms with Crippen molar-refractivity contribution in [2.75, 3.05) is 6.54 Å². The molecule has 0 saturated heterocycles. The lowest BCUT2D eigenvalue weighted by atomic mass is 9.79. The highest BCUT2D eigenvalue weighted by Gasteiger charge is 2.31. The van der Waals surface area contributed by atoms with Gasteiger partial charge in [0.05, 0.1) is 5.60 Å². The summed E-state index contributed by atoms with van der Waals surface area (Å²) in [7, 11) is 0. The van der Waals surface area contributed by atoms with E-state index in [2.05, 4.69) is 43.4 Å². The van der Waals surface area contributed by atoms with Crippen LogP contribution in [0, 0.1) is 12.8 Å². The SMILES string of the molecule is Cc1ccccc1CNCC1(O)CCCC(C)C1. The Bertz CT molecular complexity index is 390. The molecular weight excluding hydrogens is 222 g/mol. The molecular formula is C16H25NO. The maximum Gasteiger partial charge on any atom is 0.0774 e. The maximum atomic E-state index is 10.5. The van der Waals surface area contributed by atoms with Gasteiger partial charge in [-0.15, -0.1) is 0 Å². The van der Waals surface area contributed by atoms with E-state index in [-0.39, 0.29) is 0 Å². The maximum absolute atomic E-state index is 10.5. The number of hydrogen-bond donors (Lipinski definition) is 2. The van der Waals surface area contributed by atoms with E-state index in [1.807, 2.05) is 0 Å². The number of rotatable bonds is 4. The molecule has 1 saturated carbocycles. The summed E-state index contributed by atoms with van der Waals surface area (Å²) in [6, 6.07) is 8.42. The quantitative estimate of drug-likeness (QED) is 0.857. The first kappa shape index (κ1) is 13.6. The van der Waals surface area contributed by atoms with Crippen LogP contribution in [0.3, 0.4) is 0 Å². The van der Waals surface area contributed by atoms with E-state index in [0.717, 1.165) is 25.8 Å². The van der Waals surface area contributed by atoms with Crippen molar-refractivity contribution in [3.05, 3.63) is 35.4 Å². The Morgan fingerprint density at radius 2 is 2.17 bits per heavy atom. The van der Waals surface area contributed by atoms with Crippen molar-refractivity contribution in [3.8, 4) is 0 Å². The molecule has 0 heterocycles. The van der Waals surface area contributed by atoms with Gasteiger partial charge in [-0.2, -0.15) is 0 Å². The number of aliphatic hydroxyl groups is 1. The van der Waals surface area contributed by atoms with Gasteiger partial charge in [-0.05, 0) is 36.8 Å². The molecule has 0 aliphatic heterocycles. The largest absolute Gasteiger partial charge is 0.389 e. The van der Waals surface area contributed by atoms with Crippen molar-refractivity contribution >= 4 is 0 Å². The molecule has 0 bridgehead atoms. The molecule has 0 radical (unpaired) electrons. The fourth-order valence-corrected chi connectivity index (χ4v) is 3.03. The molecule has 2 atom stereocenters. The Hall–Kier alpha value is -0.860. The van der Waals surface area contributed by atoms with Crippen molar-refractivity contribution in [2.45, 2.75) is 51.7 Å². The van der Waals surface area contributed by atoms with Gasteiger partial charge in [0.2, 0.25) is 0 Å². The highest BCUT2D eigenvalue weighted by molar-refractivity contribution is 5.25. The molecule has 0 amide bonds. The summed E-state index contributed by atoms with van der Waals surface area (Å²) in [5.74, 6) is 0.656. The lowest BCUT2D eigenvalue weighted by Gasteiger charge is -2.35. The minimum absolute atomic E-state index is 0.486. The first-order chi connectivity index (χ1) is 8.59. The third-order valence-electron chi connectivity index (χ3n) is 4.10. The average molecular weight is 247 g/mol. The first-order valence-electron chi connectivity index (χ1n) is 7.07. The topological polar surface area (TPSA) is 32.3 Å². The summed E-state index contributed by atoms with van der Waals surface area (Å²) >= 11 is 0. The third-order valence-corrected chi connectivity index (χ3v) is 4.10. The van der Waals surface area contributed by atoms with Crippen molar-refractivity contribution < 1.29 is 5.11 Å². The van der Waals surface area contributed by atoms with Crippen molar-refractivity contribution in [2.24, 2.45) is 5.92 Å². The number of aryl methyl sites for hydroxylation is 1. The Morgan fingerprint density at radius 1 is 1.39 bits per heavy atom. The number of nitrogens with one attached hydrogen (secondary N) is 1. The van der Waals surface area contributed by atoms with Crippen LogP contribution in [0.1, 0.15) is 43.7 Å². The number of hydrogen-bond acceptors (Lipinski definition) is 2. The second-order valence-corrected chi connectivity index (χ2v) is 5.96. The summed E-state index contributed by atoms with van der Waals surface area (Å²) in [6.07, 6.45) is 4.30. The van der Waals surface area contributed by atoms with Crippen LogP contribution >= 0.6 is 0 Å². The molecule has 2 rings (SSSR count). The minimum Gasteiger partial charge on any atom is -0.389 e. The van der Waals surface area contributed by atoms with E-state index in [1.54, 1.807) is 0 Å². The van der Waals surface area contributed by atoms with Gasteiger partial charge in [0.25, 0.3) is 0 Å². The Balaban J connectivity index is 1.83. The van der Waals surface area contributed by atoms with Gasteiger partial charge < -0.3 is 10.4 Å². The van der Waals surface area contributed by atoms with Crippen molar-refractivity contribution in [1.82, 2.24) is 5.32 Å². The monoisotopic (exact) mass is 247 g/mol. The van der Waals surface area contributed by atoms with Crippen molar-refractivity contribution in [1.29, 1.82) is 0 Å². The molecule has 1 fully saturated rings. The van der Waals surface area contributed by atoms with E-state index in [4.69, 9.17) is 0 Å². The van der Waals surface area contributed by atoms with Crippen LogP contribution in [0.2, 0.25) is 0 Å². The van der Waals surface area contributed by atoms with Crippen LogP contribution in [-0.2, 0) is 6.54 Å². The molecule has 1 aliphatic carbocycles. The summed E-state index contributed by atoms with van der Waals surface area (Å²) in [5, 5.41) is 13.9. The zero-order valence-corrected chi connectivity index (χ0v) is 11.6. The van der Waals surface area contributed by atoms with Gasteiger partial charge in [0.15, 0.2) is 0 Å². The smallest absolute Gasteiger partial charge is 0.0774 e. The number of benzene rings is 1. The Morgan fingerprint density at radius 3 is 2.89 bits per heavy atom. The molecule has 18 heavy (non-hydrogen) atoms. The highest BCUT2D eigenvalue weighted by atomic mass is 16.3. The fraction of sp³-hybridized carbons (Fsp3) is 0.625. The molecule has 2 N–H and O–H groups in total. The van der Waals surface area contributed by atoms with Gasteiger partial charge in [0.1, 0.15) is 0 Å². The average Bonchev–Trinajstić information content (AvgIpc) is 2.31. The molecule has 2 nitrogen and oxygen atoms in total. The molecule has 2 unspecified atom stereocenters. The normalized spacial score (nSPS) is 28.3. The summed E-state index contributed by atoms with van der Waals surface area (Å²) in [5.41, 5.74) is 2.15. The zero-order valence-electron chi connectivity index (χ0n) is 11.6. The van der Waals surface area contributed by atoms with Gasteiger partial charge in [-0.25, -0.2) is 0 Å². The Labute approximate surface area is 110 Å². The van der Waals surface area contributed by atoms with Crippen LogP contribution in [-0.4, -0.2) is 17.3 Å². The van der Waals surface area contributed by atoms with Gasteiger partial charge >= 0.3 is 0 Å². The van der Waals surface area contributed by atoms with E-state index in [9.17, 15) is 5.11 Å². The fourth-order valence-electron chi connectivity index (χ4n) is 3.03. The van der Waals surface area contributed by atoms with E-state index >= 15 is 0 Å². The summed E-state index contributed by atoms with van der Waals surface area (Å²) in [6.45, 7) is 5.94. The molecule has 2 heteroatoms. The predicted octanol–water partition coefficient (Wildman–Crippen LogP) is 3.03. The lowest BCUT2D eigenvalue weighted by molar-refractivity contribution is -0.0119. The highest BCUT2D eigenvalue weighted by Crippen LogP contribution is 2.31. The van der Waals surface area contributed by atoms with Crippen LogP contribution < -0.4 is 5.32 Å². The molecule has 0 aromatic heterocycles. The first-order valence-corrected chi connectivity index (χ1v) is 7.07. The van der Waals surface area contributed by atoms with E-state index < -0.39 is 5.60 Å². The molecule has 1 aromatic rings. The zero-order chi connectivity index (χ0) is 13.0. The molecule has 1 aromatic carbocycles. The molecule has 0 spiro atoms. The van der Waals surface area contributed by atoms with Crippen LogP contribution in [0.5, 0.6) is 0 Å².